The fourth-order valence-electron chi connectivity index (χ4n) is 1.18. The second-order valence-electron chi connectivity index (χ2n) is 3.33. The number of hydrogen-bond acceptors (Lipinski definition) is 6. The lowest BCUT2D eigenvalue weighted by Crippen LogP contribution is -2.09. The predicted molar refractivity (Wildman–Crippen MR) is 58.9 cm³/mol. The van der Waals surface area contributed by atoms with Crippen molar-refractivity contribution in [2.24, 2.45) is 0 Å². The van der Waals surface area contributed by atoms with Crippen LogP contribution in [0.1, 0.15) is 16.8 Å². The number of benzene rings is 1. The van der Waals surface area contributed by atoms with Gasteiger partial charge in [0.25, 0.3) is 0 Å². The van der Waals surface area contributed by atoms with Gasteiger partial charge in [-0.05, 0) is 12.1 Å². The summed E-state index contributed by atoms with van der Waals surface area (Å²) >= 11 is 0. The van der Waals surface area contributed by atoms with Crippen LogP contribution in [0.3, 0.4) is 0 Å². The highest BCUT2D eigenvalue weighted by molar-refractivity contribution is 5.91. The van der Waals surface area contributed by atoms with Crippen molar-refractivity contribution in [3.63, 3.8) is 0 Å². The third-order valence-electron chi connectivity index (χ3n) is 2.06. The molecule has 0 aliphatic rings. The Kier molecular flexibility index (Phi) is 4.36. The number of hydrogen-bond donors (Lipinski definition) is 3. The number of carbonyl (C=O) groups is 2. The normalized spacial score (nSPS) is 9.83. The first kappa shape index (κ1) is 13.6. The van der Waals surface area contributed by atoms with Crippen molar-refractivity contribution >= 4 is 11.9 Å². The maximum atomic E-state index is 11.5. The highest BCUT2D eigenvalue weighted by Crippen LogP contribution is 2.36. The van der Waals surface area contributed by atoms with Crippen molar-refractivity contribution in [1.82, 2.24) is 0 Å². The van der Waals surface area contributed by atoms with Gasteiger partial charge in [0.15, 0.2) is 11.5 Å². The number of carboxylic acid groups (broad SMARTS) is 1. The first-order valence-electron chi connectivity index (χ1n) is 4.94. The molecule has 0 saturated carbocycles. The molecule has 0 amide bonds. The molecule has 0 unspecified atom stereocenters. The zero-order chi connectivity index (χ0) is 13.7. The summed E-state index contributed by atoms with van der Waals surface area (Å²) in [6, 6.07) is 2.18. The van der Waals surface area contributed by atoms with Gasteiger partial charge < -0.3 is 24.8 Å². The number of phenolic OH excluding ortho intramolecular Hbond substituents is 2. The summed E-state index contributed by atoms with van der Waals surface area (Å²) in [4.78, 5) is 21.7. The summed E-state index contributed by atoms with van der Waals surface area (Å²) in [6.07, 6.45) is -0.313. The highest BCUT2D eigenvalue weighted by atomic mass is 16.5. The molecule has 0 aliphatic heterocycles. The molecule has 0 aliphatic carbocycles. The maximum Gasteiger partial charge on any atom is 0.338 e. The smallest absolute Gasteiger partial charge is 0.338 e. The van der Waals surface area contributed by atoms with E-state index in [0.29, 0.717) is 0 Å². The minimum atomic E-state index is -1.09. The molecule has 18 heavy (non-hydrogen) atoms. The standard InChI is InChI=1S/C11H12O7/c1-17-8-5-6(4-7(12)10(8)15)11(16)18-3-2-9(13)14/h4-5,12,15H,2-3H2,1H3,(H,13,14). The Hall–Kier alpha value is -2.44. The van der Waals surface area contributed by atoms with Gasteiger partial charge in [-0.15, -0.1) is 0 Å². The van der Waals surface area contributed by atoms with Crippen LogP contribution in [0.5, 0.6) is 17.2 Å². The quantitative estimate of drug-likeness (QED) is 0.525. The van der Waals surface area contributed by atoms with Crippen LogP contribution in [0.15, 0.2) is 12.1 Å². The van der Waals surface area contributed by atoms with Gasteiger partial charge in [0, 0.05) is 0 Å². The Bertz CT molecular complexity index is 467. The molecule has 7 nitrogen and oxygen atoms in total. The van der Waals surface area contributed by atoms with Crippen molar-refractivity contribution in [1.29, 1.82) is 0 Å². The Balaban J connectivity index is 2.80. The van der Waals surface area contributed by atoms with Crippen LogP contribution >= 0.6 is 0 Å². The zero-order valence-electron chi connectivity index (χ0n) is 9.54. The van der Waals surface area contributed by atoms with E-state index in [9.17, 15) is 19.8 Å². The van der Waals surface area contributed by atoms with E-state index in [-0.39, 0.29) is 24.3 Å². The molecule has 3 N–H and O–H groups in total. The molecule has 0 bridgehead atoms. The van der Waals surface area contributed by atoms with E-state index < -0.39 is 23.4 Å². The first-order valence-corrected chi connectivity index (χ1v) is 4.94. The zero-order valence-corrected chi connectivity index (χ0v) is 9.54. The Morgan fingerprint density at radius 1 is 1.28 bits per heavy atom. The fraction of sp³-hybridized carbons (Fsp3) is 0.273. The number of methoxy groups -OCH3 is 1. The second-order valence-corrected chi connectivity index (χ2v) is 3.33. The van der Waals surface area contributed by atoms with Crippen molar-refractivity contribution in [2.45, 2.75) is 6.42 Å². The lowest BCUT2D eigenvalue weighted by Gasteiger charge is -2.08. The Morgan fingerprint density at radius 2 is 1.94 bits per heavy atom. The maximum absolute atomic E-state index is 11.5. The van der Waals surface area contributed by atoms with Crippen LogP contribution in [0.4, 0.5) is 0 Å². The lowest BCUT2D eigenvalue weighted by atomic mass is 10.2. The molecule has 1 rings (SSSR count). The average Bonchev–Trinajstić information content (AvgIpc) is 2.31. The summed E-state index contributed by atoms with van der Waals surface area (Å²) in [6.45, 7) is -0.280. The Morgan fingerprint density at radius 3 is 2.50 bits per heavy atom. The molecule has 0 atom stereocenters. The van der Waals surface area contributed by atoms with E-state index in [1.165, 1.54) is 13.2 Å². The monoisotopic (exact) mass is 256 g/mol. The lowest BCUT2D eigenvalue weighted by molar-refractivity contribution is -0.137. The van der Waals surface area contributed by atoms with E-state index >= 15 is 0 Å². The van der Waals surface area contributed by atoms with Gasteiger partial charge in [-0.25, -0.2) is 4.79 Å². The van der Waals surface area contributed by atoms with Gasteiger partial charge in [0.1, 0.15) is 6.61 Å². The number of aromatic hydroxyl groups is 2. The van der Waals surface area contributed by atoms with Crippen LogP contribution in [-0.2, 0) is 9.53 Å². The minimum absolute atomic E-state index is 0.0486. The van der Waals surface area contributed by atoms with E-state index in [2.05, 4.69) is 4.74 Å². The van der Waals surface area contributed by atoms with E-state index in [0.717, 1.165) is 6.07 Å². The van der Waals surface area contributed by atoms with Crippen molar-refractivity contribution in [3.05, 3.63) is 17.7 Å². The summed E-state index contributed by atoms with van der Waals surface area (Å²) in [7, 11) is 1.26. The number of rotatable bonds is 5. The van der Waals surface area contributed by atoms with Crippen LogP contribution in [-0.4, -0.2) is 41.0 Å². The average molecular weight is 256 g/mol. The SMILES string of the molecule is COc1cc(C(=O)OCCC(=O)O)cc(O)c1O. The molecule has 7 heteroatoms. The van der Waals surface area contributed by atoms with Crippen molar-refractivity contribution in [2.75, 3.05) is 13.7 Å². The van der Waals surface area contributed by atoms with Crippen molar-refractivity contribution < 1.29 is 34.4 Å². The first-order chi connectivity index (χ1) is 8.45. The molecule has 0 heterocycles. The molecule has 0 saturated heterocycles. The topological polar surface area (TPSA) is 113 Å². The molecule has 1 aromatic rings. The van der Waals surface area contributed by atoms with Crippen LogP contribution in [0.25, 0.3) is 0 Å². The number of ether oxygens (including phenoxy) is 2. The number of carbonyl (C=O) groups excluding carboxylic acids is 1. The summed E-state index contributed by atoms with van der Waals surface area (Å²) < 4.78 is 9.41. The largest absolute Gasteiger partial charge is 0.504 e. The predicted octanol–water partition coefficient (Wildman–Crippen LogP) is 0.738. The molecule has 0 aromatic heterocycles. The van der Waals surface area contributed by atoms with E-state index in [4.69, 9.17) is 9.84 Å². The van der Waals surface area contributed by atoms with E-state index in [1.807, 2.05) is 0 Å². The number of carboxylic acids is 1. The second kappa shape index (κ2) is 5.76. The molecule has 0 fully saturated rings. The van der Waals surface area contributed by atoms with Crippen LogP contribution < -0.4 is 4.74 Å². The minimum Gasteiger partial charge on any atom is -0.504 e. The van der Waals surface area contributed by atoms with Gasteiger partial charge in [-0.3, -0.25) is 4.79 Å². The number of esters is 1. The molecule has 1 aromatic carbocycles. The van der Waals surface area contributed by atoms with Crippen LogP contribution in [0, 0.1) is 0 Å². The molecule has 0 spiro atoms. The summed E-state index contributed by atoms with van der Waals surface area (Å²) in [5.74, 6) is -3.00. The van der Waals surface area contributed by atoms with Gasteiger partial charge >= 0.3 is 11.9 Å². The van der Waals surface area contributed by atoms with Gasteiger partial charge in [0.2, 0.25) is 5.75 Å². The molecular weight excluding hydrogens is 244 g/mol. The number of aliphatic carboxylic acids is 1. The highest BCUT2D eigenvalue weighted by Gasteiger charge is 2.15. The van der Waals surface area contributed by atoms with Gasteiger partial charge in [-0.1, -0.05) is 0 Å². The fourth-order valence-corrected chi connectivity index (χ4v) is 1.18. The third kappa shape index (κ3) is 3.27. The van der Waals surface area contributed by atoms with Crippen molar-refractivity contribution in [3.8, 4) is 17.2 Å². The molecule has 0 radical (unpaired) electrons. The third-order valence-corrected chi connectivity index (χ3v) is 2.06. The summed E-state index contributed by atoms with van der Waals surface area (Å²) in [5.41, 5.74) is -0.0486. The number of phenols is 2. The molecule has 98 valence electrons. The van der Waals surface area contributed by atoms with Gasteiger partial charge in [-0.2, -0.15) is 0 Å². The molecular formula is C11H12O7. The Labute approximate surface area is 102 Å². The summed E-state index contributed by atoms with van der Waals surface area (Å²) in [5, 5.41) is 27.1. The van der Waals surface area contributed by atoms with E-state index in [1.54, 1.807) is 0 Å². The van der Waals surface area contributed by atoms with Crippen LogP contribution in [0.2, 0.25) is 0 Å². The van der Waals surface area contributed by atoms with Gasteiger partial charge in [0.05, 0.1) is 19.1 Å².